The highest BCUT2D eigenvalue weighted by Crippen LogP contribution is 2.40. The van der Waals surface area contributed by atoms with Crippen LogP contribution in [0.1, 0.15) is 17.9 Å². The predicted molar refractivity (Wildman–Crippen MR) is 89.5 cm³/mol. The Kier molecular flexibility index (Phi) is 6.01. The number of carbonyl (C=O) groups is 2. The van der Waals surface area contributed by atoms with Crippen molar-refractivity contribution in [3.8, 4) is 0 Å². The van der Waals surface area contributed by atoms with E-state index in [4.69, 9.17) is 0 Å². The fourth-order valence-electron chi connectivity index (χ4n) is 2.45. The molecule has 2 rings (SSSR count). The number of hydrogen-bond donors (Lipinski definition) is 1. The average Bonchev–Trinajstić information content (AvgIpc) is 2.88. The summed E-state index contributed by atoms with van der Waals surface area (Å²) < 4.78 is 14.0. The Balaban J connectivity index is 2.10. The van der Waals surface area contributed by atoms with Crippen molar-refractivity contribution in [2.45, 2.75) is 18.3 Å². The number of benzene rings is 1. The summed E-state index contributed by atoms with van der Waals surface area (Å²) >= 11 is 1.35. The van der Waals surface area contributed by atoms with Crippen LogP contribution in [0.25, 0.3) is 0 Å². The van der Waals surface area contributed by atoms with Crippen molar-refractivity contribution >= 4 is 23.6 Å². The van der Waals surface area contributed by atoms with Gasteiger partial charge in [-0.2, -0.15) is 0 Å². The standard InChI is InChI=1S/C16H22FN3O2S/c1-11(15(22)18-8-9-19(2)3)20-14(21)10-23-16(20)12-6-4-5-7-13(12)17/h4-7,11,16H,8-10H2,1-3H3,(H,18,22)/t11-,16-/m1/s1. The molecule has 1 saturated heterocycles. The largest absolute Gasteiger partial charge is 0.353 e. The Morgan fingerprint density at radius 3 is 2.83 bits per heavy atom. The quantitative estimate of drug-likeness (QED) is 0.853. The van der Waals surface area contributed by atoms with E-state index in [1.807, 2.05) is 19.0 Å². The van der Waals surface area contributed by atoms with Crippen LogP contribution in [0, 0.1) is 5.82 Å². The summed E-state index contributed by atoms with van der Waals surface area (Å²) in [6, 6.07) is 5.75. The second kappa shape index (κ2) is 7.79. The maximum absolute atomic E-state index is 14.0. The number of rotatable bonds is 6. The molecule has 7 heteroatoms. The average molecular weight is 339 g/mol. The van der Waals surface area contributed by atoms with Gasteiger partial charge in [-0.15, -0.1) is 11.8 Å². The molecule has 0 aliphatic carbocycles. The van der Waals surface area contributed by atoms with Crippen LogP contribution in [0.5, 0.6) is 0 Å². The molecule has 0 spiro atoms. The zero-order valence-electron chi connectivity index (χ0n) is 13.6. The lowest BCUT2D eigenvalue weighted by atomic mass is 10.1. The number of likely N-dealkylation sites (N-methyl/N-ethyl adjacent to an activating group) is 1. The Morgan fingerprint density at radius 1 is 1.48 bits per heavy atom. The van der Waals surface area contributed by atoms with Crippen LogP contribution in [0.15, 0.2) is 24.3 Å². The molecule has 1 fully saturated rings. The molecule has 1 aliphatic rings. The molecule has 23 heavy (non-hydrogen) atoms. The molecule has 0 bridgehead atoms. The first-order chi connectivity index (χ1) is 10.9. The zero-order valence-corrected chi connectivity index (χ0v) is 14.4. The lowest BCUT2D eigenvalue weighted by Gasteiger charge is -2.29. The van der Waals surface area contributed by atoms with Gasteiger partial charge in [0.1, 0.15) is 17.2 Å². The second-order valence-corrected chi connectivity index (χ2v) is 6.82. The van der Waals surface area contributed by atoms with Crippen LogP contribution in [0.3, 0.4) is 0 Å². The minimum absolute atomic E-state index is 0.140. The predicted octanol–water partition coefficient (Wildman–Crippen LogP) is 1.47. The third kappa shape index (κ3) is 4.23. The summed E-state index contributed by atoms with van der Waals surface area (Å²) in [7, 11) is 3.84. The lowest BCUT2D eigenvalue weighted by Crippen LogP contribution is -2.48. The minimum atomic E-state index is -0.635. The van der Waals surface area contributed by atoms with E-state index in [9.17, 15) is 14.0 Å². The summed E-state index contributed by atoms with van der Waals surface area (Å²) in [6.07, 6.45) is 0. The number of amides is 2. The highest BCUT2D eigenvalue weighted by atomic mass is 32.2. The summed E-state index contributed by atoms with van der Waals surface area (Å²) in [6.45, 7) is 2.91. The fourth-order valence-corrected chi connectivity index (χ4v) is 3.73. The van der Waals surface area contributed by atoms with Crippen molar-refractivity contribution in [2.24, 2.45) is 0 Å². The molecular weight excluding hydrogens is 317 g/mol. The van der Waals surface area contributed by atoms with Crippen LogP contribution in [0.2, 0.25) is 0 Å². The molecule has 0 unspecified atom stereocenters. The van der Waals surface area contributed by atoms with Crippen LogP contribution in [0.4, 0.5) is 4.39 Å². The Labute approximate surface area is 140 Å². The van der Waals surface area contributed by atoms with E-state index in [0.29, 0.717) is 12.1 Å². The van der Waals surface area contributed by atoms with Gasteiger partial charge in [0.25, 0.3) is 0 Å². The molecule has 126 valence electrons. The van der Waals surface area contributed by atoms with Gasteiger partial charge in [0.15, 0.2) is 0 Å². The Morgan fingerprint density at radius 2 is 2.17 bits per heavy atom. The molecule has 1 N–H and O–H groups in total. The molecular formula is C16H22FN3O2S. The van der Waals surface area contributed by atoms with Gasteiger partial charge < -0.3 is 15.1 Å². The molecule has 2 atom stereocenters. The van der Waals surface area contributed by atoms with Gasteiger partial charge in [0.05, 0.1) is 5.75 Å². The summed E-state index contributed by atoms with van der Waals surface area (Å²) in [5, 5.41) is 2.36. The SMILES string of the molecule is C[C@H](C(=O)NCCN(C)C)N1C(=O)CS[C@@H]1c1ccccc1F. The molecule has 5 nitrogen and oxygen atoms in total. The maximum Gasteiger partial charge on any atom is 0.242 e. The second-order valence-electron chi connectivity index (χ2n) is 5.76. The van der Waals surface area contributed by atoms with E-state index in [1.54, 1.807) is 25.1 Å². The van der Waals surface area contributed by atoms with Gasteiger partial charge in [0, 0.05) is 18.7 Å². The van der Waals surface area contributed by atoms with Gasteiger partial charge in [-0.25, -0.2) is 4.39 Å². The van der Waals surface area contributed by atoms with Crippen LogP contribution >= 0.6 is 11.8 Å². The van der Waals surface area contributed by atoms with Crippen molar-refractivity contribution in [2.75, 3.05) is 32.9 Å². The van der Waals surface area contributed by atoms with Crippen molar-refractivity contribution in [1.29, 1.82) is 0 Å². The molecule has 1 aromatic rings. The van der Waals surface area contributed by atoms with E-state index in [0.717, 1.165) is 6.54 Å². The molecule has 1 aliphatic heterocycles. The molecule has 0 radical (unpaired) electrons. The van der Waals surface area contributed by atoms with E-state index in [-0.39, 0.29) is 23.4 Å². The minimum Gasteiger partial charge on any atom is -0.353 e. The van der Waals surface area contributed by atoms with Gasteiger partial charge >= 0.3 is 0 Å². The van der Waals surface area contributed by atoms with Crippen LogP contribution in [-0.4, -0.2) is 60.6 Å². The van der Waals surface area contributed by atoms with E-state index >= 15 is 0 Å². The maximum atomic E-state index is 14.0. The highest BCUT2D eigenvalue weighted by Gasteiger charge is 2.39. The van der Waals surface area contributed by atoms with Crippen molar-refractivity contribution in [3.05, 3.63) is 35.6 Å². The smallest absolute Gasteiger partial charge is 0.242 e. The molecule has 0 aromatic heterocycles. The van der Waals surface area contributed by atoms with Gasteiger partial charge in [-0.3, -0.25) is 9.59 Å². The first-order valence-electron chi connectivity index (χ1n) is 7.51. The summed E-state index contributed by atoms with van der Waals surface area (Å²) in [5.74, 6) is -0.457. The van der Waals surface area contributed by atoms with E-state index in [2.05, 4.69) is 5.32 Å². The topological polar surface area (TPSA) is 52.7 Å². The zero-order chi connectivity index (χ0) is 17.0. The number of thioether (sulfide) groups is 1. The van der Waals surface area contributed by atoms with Gasteiger partial charge in [-0.05, 0) is 27.1 Å². The molecule has 1 aromatic carbocycles. The third-order valence-corrected chi connectivity index (χ3v) is 4.94. The van der Waals surface area contributed by atoms with Crippen molar-refractivity contribution in [3.63, 3.8) is 0 Å². The first-order valence-corrected chi connectivity index (χ1v) is 8.56. The lowest BCUT2D eigenvalue weighted by molar-refractivity contribution is -0.137. The first kappa shape index (κ1) is 17.7. The number of nitrogens with zero attached hydrogens (tertiary/aromatic N) is 2. The highest BCUT2D eigenvalue weighted by molar-refractivity contribution is 8.00. The van der Waals surface area contributed by atoms with Crippen LogP contribution < -0.4 is 5.32 Å². The third-order valence-electron chi connectivity index (χ3n) is 3.73. The molecule has 2 amide bonds. The summed E-state index contributed by atoms with van der Waals surface area (Å²) in [5.41, 5.74) is 0.441. The van der Waals surface area contributed by atoms with Crippen molar-refractivity contribution < 1.29 is 14.0 Å². The fraction of sp³-hybridized carbons (Fsp3) is 0.500. The van der Waals surface area contributed by atoms with Gasteiger partial charge in [0.2, 0.25) is 11.8 Å². The monoisotopic (exact) mass is 339 g/mol. The van der Waals surface area contributed by atoms with E-state index < -0.39 is 11.4 Å². The number of nitrogens with one attached hydrogen (secondary N) is 1. The van der Waals surface area contributed by atoms with Gasteiger partial charge in [-0.1, -0.05) is 18.2 Å². The number of carbonyl (C=O) groups excluding carboxylic acids is 2. The molecule has 0 saturated carbocycles. The van der Waals surface area contributed by atoms with Crippen LogP contribution in [-0.2, 0) is 9.59 Å². The number of hydrogen-bond acceptors (Lipinski definition) is 4. The summed E-state index contributed by atoms with van der Waals surface area (Å²) in [4.78, 5) is 27.9. The van der Waals surface area contributed by atoms with E-state index in [1.165, 1.54) is 22.7 Å². The Hall–Kier alpha value is -1.60. The Bertz CT molecular complexity index is 582. The van der Waals surface area contributed by atoms with Crippen molar-refractivity contribution in [1.82, 2.24) is 15.1 Å². The number of halogens is 1. The molecule has 1 heterocycles. The normalized spacial score (nSPS) is 19.3.